The highest BCUT2D eigenvalue weighted by molar-refractivity contribution is 5.85. The molecule has 4 nitrogen and oxygen atoms in total. The summed E-state index contributed by atoms with van der Waals surface area (Å²) in [6, 6.07) is 10.4. The van der Waals surface area contributed by atoms with Crippen molar-refractivity contribution in [2.75, 3.05) is 0 Å². The van der Waals surface area contributed by atoms with Gasteiger partial charge in [-0.1, -0.05) is 12.1 Å². The molecule has 0 aliphatic rings. The minimum atomic E-state index is 0.368. The molecule has 0 atom stereocenters. The molecule has 0 saturated carbocycles. The minimum absolute atomic E-state index is 0.368. The van der Waals surface area contributed by atoms with Crippen molar-refractivity contribution in [3.05, 3.63) is 36.4 Å². The van der Waals surface area contributed by atoms with Gasteiger partial charge in [-0.2, -0.15) is 0 Å². The summed E-state index contributed by atoms with van der Waals surface area (Å²) in [5.41, 5.74) is 0. The van der Waals surface area contributed by atoms with Gasteiger partial charge in [0.25, 0.3) is 12.9 Å². The molecule has 0 N–H and O–H groups in total. The molecule has 0 aromatic heterocycles. The smallest absolute Gasteiger partial charge is 0.298 e. The van der Waals surface area contributed by atoms with Crippen molar-refractivity contribution in [3.63, 3.8) is 0 Å². The first kappa shape index (κ1) is 10.2. The van der Waals surface area contributed by atoms with Crippen LogP contribution in [0.5, 0.6) is 11.5 Å². The average Bonchev–Trinajstić information content (AvgIpc) is 2.29. The van der Waals surface area contributed by atoms with Gasteiger partial charge in [-0.25, -0.2) is 0 Å². The van der Waals surface area contributed by atoms with Gasteiger partial charge in [0.15, 0.2) is 0 Å². The predicted octanol–water partition coefficient (Wildman–Crippen LogP) is 1.91. The van der Waals surface area contributed by atoms with Crippen LogP contribution in [0.1, 0.15) is 0 Å². The van der Waals surface area contributed by atoms with Crippen molar-refractivity contribution >= 4 is 23.7 Å². The molecular weight excluding hydrogens is 208 g/mol. The molecule has 4 heteroatoms. The summed E-state index contributed by atoms with van der Waals surface area (Å²) in [5.74, 6) is 0.900. The summed E-state index contributed by atoms with van der Waals surface area (Å²) in [7, 11) is 0. The number of carbonyl (C=O) groups is 2. The molecule has 0 fully saturated rings. The topological polar surface area (TPSA) is 52.6 Å². The quantitative estimate of drug-likeness (QED) is 0.732. The van der Waals surface area contributed by atoms with Gasteiger partial charge < -0.3 is 9.47 Å². The van der Waals surface area contributed by atoms with E-state index >= 15 is 0 Å². The molecule has 0 aliphatic carbocycles. The average molecular weight is 216 g/mol. The highest BCUT2D eigenvalue weighted by Crippen LogP contribution is 2.24. The second-order valence-electron chi connectivity index (χ2n) is 3.10. The van der Waals surface area contributed by atoms with E-state index in [0.717, 1.165) is 10.8 Å². The molecular formula is C12H8O4. The Kier molecular flexibility index (Phi) is 2.82. The third-order valence-electron chi connectivity index (χ3n) is 2.15. The van der Waals surface area contributed by atoms with Gasteiger partial charge >= 0.3 is 0 Å². The second kappa shape index (κ2) is 4.44. The molecule has 0 heterocycles. The molecule has 0 spiro atoms. The largest absolute Gasteiger partial charge is 0.429 e. The van der Waals surface area contributed by atoms with Gasteiger partial charge in [-0.3, -0.25) is 9.59 Å². The van der Waals surface area contributed by atoms with Gasteiger partial charge in [-0.05, 0) is 35.0 Å². The Morgan fingerprint density at radius 3 is 1.69 bits per heavy atom. The Morgan fingerprint density at radius 1 is 0.750 bits per heavy atom. The van der Waals surface area contributed by atoms with Crippen LogP contribution < -0.4 is 9.47 Å². The maximum Gasteiger partial charge on any atom is 0.298 e. The minimum Gasteiger partial charge on any atom is -0.429 e. The van der Waals surface area contributed by atoms with Crippen LogP contribution in [0.15, 0.2) is 36.4 Å². The van der Waals surface area contributed by atoms with Crippen molar-refractivity contribution < 1.29 is 19.1 Å². The summed E-state index contributed by atoms with van der Waals surface area (Å²) < 4.78 is 9.45. The van der Waals surface area contributed by atoms with Crippen LogP contribution in [0.4, 0.5) is 0 Å². The lowest BCUT2D eigenvalue weighted by Crippen LogP contribution is -1.89. The summed E-state index contributed by atoms with van der Waals surface area (Å²) in [4.78, 5) is 20.4. The van der Waals surface area contributed by atoms with Crippen LogP contribution in [0.2, 0.25) is 0 Å². The highest BCUT2D eigenvalue weighted by Gasteiger charge is 1.99. The molecule has 80 valence electrons. The van der Waals surface area contributed by atoms with Crippen LogP contribution in [0.25, 0.3) is 10.8 Å². The fraction of sp³-hybridized carbons (Fsp3) is 0. The summed E-state index contributed by atoms with van der Waals surface area (Å²) >= 11 is 0. The maximum atomic E-state index is 10.2. The van der Waals surface area contributed by atoms with E-state index in [0.29, 0.717) is 24.4 Å². The third-order valence-corrected chi connectivity index (χ3v) is 2.15. The molecule has 0 saturated heterocycles. The van der Waals surface area contributed by atoms with E-state index < -0.39 is 0 Å². The number of hydrogen-bond acceptors (Lipinski definition) is 4. The zero-order valence-corrected chi connectivity index (χ0v) is 8.25. The third kappa shape index (κ3) is 2.00. The van der Waals surface area contributed by atoms with Crippen molar-refractivity contribution in [2.24, 2.45) is 0 Å². The SMILES string of the molecule is O=COc1ccc2ccc(OC=O)cc2c1. The van der Waals surface area contributed by atoms with Crippen LogP contribution in [-0.4, -0.2) is 12.9 Å². The normalized spacial score (nSPS) is 9.75. The van der Waals surface area contributed by atoms with Gasteiger partial charge in [-0.15, -0.1) is 0 Å². The van der Waals surface area contributed by atoms with E-state index in [1.165, 1.54) is 0 Å². The van der Waals surface area contributed by atoms with Crippen LogP contribution >= 0.6 is 0 Å². The van der Waals surface area contributed by atoms with Crippen LogP contribution in [0, 0.1) is 0 Å². The number of carbonyl (C=O) groups excluding carboxylic acids is 2. The van der Waals surface area contributed by atoms with Gasteiger partial charge in [0.2, 0.25) is 0 Å². The Morgan fingerprint density at radius 2 is 1.25 bits per heavy atom. The van der Waals surface area contributed by atoms with Gasteiger partial charge in [0.1, 0.15) is 11.5 Å². The summed E-state index contributed by atoms with van der Waals surface area (Å²) in [6.45, 7) is 0.736. The number of benzene rings is 2. The number of hydrogen-bond donors (Lipinski definition) is 0. The lowest BCUT2D eigenvalue weighted by atomic mass is 10.1. The molecule has 0 bridgehead atoms. The molecule has 2 aromatic carbocycles. The number of rotatable bonds is 4. The first-order valence-corrected chi connectivity index (χ1v) is 4.58. The molecule has 0 unspecified atom stereocenters. The lowest BCUT2D eigenvalue weighted by molar-refractivity contribution is -0.121. The van der Waals surface area contributed by atoms with Gasteiger partial charge in [0, 0.05) is 0 Å². The van der Waals surface area contributed by atoms with Crippen molar-refractivity contribution in [2.45, 2.75) is 0 Å². The summed E-state index contributed by atoms with van der Waals surface area (Å²) in [5, 5.41) is 1.80. The predicted molar refractivity (Wildman–Crippen MR) is 57.3 cm³/mol. The fourth-order valence-corrected chi connectivity index (χ4v) is 1.46. The fourth-order valence-electron chi connectivity index (χ4n) is 1.46. The monoisotopic (exact) mass is 216 g/mol. The highest BCUT2D eigenvalue weighted by atomic mass is 16.5. The molecule has 0 radical (unpaired) electrons. The van der Waals surface area contributed by atoms with Crippen molar-refractivity contribution in [1.29, 1.82) is 0 Å². The molecule has 0 amide bonds. The summed E-state index contributed by atoms with van der Waals surface area (Å²) in [6.07, 6.45) is 0. The van der Waals surface area contributed by atoms with E-state index in [2.05, 4.69) is 0 Å². The zero-order valence-electron chi connectivity index (χ0n) is 8.25. The molecule has 2 rings (SSSR count). The van der Waals surface area contributed by atoms with Gasteiger partial charge in [0.05, 0.1) is 0 Å². The first-order valence-electron chi connectivity index (χ1n) is 4.58. The van der Waals surface area contributed by atoms with Crippen molar-refractivity contribution in [1.82, 2.24) is 0 Å². The molecule has 0 aliphatic heterocycles. The van der Waals surface area contributed by atoms with E-state index in [1.807, 2.05) is 12.1 Å². The second-order valence-corrected chi connectivity index (χ2v) is 3.10. The Hall–Kier alpha value is -2.36. The van der Waals surface area contributed by atoms with Crippen LogP contribution in [0.3, 0.4) is 0 Å². The maximum absolute atomic E-state index is 10.2. The molecule has 16 heavy (non-hydrogen) atoms. The van der Waals surface area contributed by atoms with E-state index in [-0.39, 0.29) is 0 Å². The number of fused-ring (bicyclic) bond motifs is 1. The Bertz CT molecular complexity index is 489. The lowest BCUT2D eigenvalue weighted by Gasteiger charge is -2.03. The zero-order chi connectivity index (χ0) is 11.4. The van der Waals surface area contributed by atoms with Crippen LogP contribution in [-0.2, 0) is 9.59 Å². The molecule has 2 aromatic rings. The van der Waals surface area contributed by atoms with Crippen molar-refractivity contribution in [3.8, 4) is 11.5 Å². The van der Waals surface area contributed by atoms with E-state index in [4.69, 9.17) is 9.47 Å². The standard InChI is InChI=1S/C12H8O4/c13-7-15-11-3-1-9-2-4-12(16-8-14)6-10(9)5-11/h1-8H. The Labute approximate surface area is 91.4 Å². The van der Waals surface area contributed by atoms with E-state index in [9.17, 15) is 9.59 Å². The first-order chi connectivity index (χ1) is 7.83. The van der Waals surface area contributed by atoms with E-state index in [1.54, 1.807) is 24.3 Å². The number of ether oxygens (including phenoxy) is 2. The Balaban J connectivity index is 2.47.